The minimum Gasteiger partial charge on any atom is -0.367 e. The highest BCUT2D eigenvalue weighted by molar-refractivity contribution is 6.33. The zero-order valence-corrected chi connectivity index (χ0v) is 13.3. The number of benzene rings is 1. The third-order valence-corrected chi connectivity index (χ3v) is 3.43. The minimum absolute atomic E-state index is 0.406. The molecule has 0 saturated heterocycles. The first-order chi connectivity index (χ1) is 11.8. The van der Waals surface area contributed by atoms with Crippen LogP contribution in [-0.2, 0) is 0 Å². The van der Waals surface area contributed by atoms with E-state index < -0.39 is 0 Å². The van der Waals surface area contributed by atoms with Gasteiger partial charge in [0, 0.05) is 19.3 Å². The number of rotatable bonds is 6. The molecule has 3 rings (SSSR count). The largest absolute Gasteiger partial charge is 0.367 e. The first-order valence-electron chi connectivity index (χ1n) is 7.15. The zero-order valence-electron chi connectivity index (χ0n) is 12.5. The van der Waals surface area contributed by atoms with E-state index in [0.717, 1.165) is 5.69 Å². The van der Waals surface area contributed by atoms with Gasteiger partial charge in [-0.2, -0.15) is 9.94 Å². The normalized spacial score (nSPS) is 10.2. The number of nitrogens with zero attached hydrogens (tertiary/aromatic N) is 6. The van der Waals surface area contributed by atoms with Crippen molar-refractivity contribution in [1.82, 2.24) is 25.2 Å². The molecule has 0 fully saturated rings. The summed E-state index contributed by atoms with van der Waals surface area (Å²) in [6.45, 7) is 1.12. The molecule has 0 atom stereocenters. The van der Waals surface area contributed by atoms with Crippen LogP contribution in [0.15, 0.2) is 42.6 Å². The summed E-state index contributed by atoms with van der Waals surface area (Å²) in [5, 5.41) is 27.0. The van der Waals surface area contributed by atoms with Crippen LogP contribution in [0.2, 0.25) is 5.02 Å². The summed E-state index contributed by atoms with van der Waals surface area (Å²) in [6, 6.07) is 13.2. The number of hydrogen-bond acceptors (Lipinski definition) is 7. The van der Waals surface area contributed by atoms with E-state index in [1.54, 1.807) is 10.7 Å². The number of tetrazole rings is 1. The van der Waals surface area contributed by atoms with Gasteiger partial charge in [-0.1, -0.05) is 34.9 Å². The number of para-hydroxylation sites is 1. The summed E-state index contributed by atoms with van der Waals surface area (Å²) in [5.74, 6) is 1.07. The molecule has 0 aliphatic rings. The molecule has 0 amide bonds. The number of anilines is 2. The van der Waals surface area contributed by atoms with Crippen molar-refractivity contribution in [3.05, 3.63) is 53.2 Å². The van der Waals surface area contributed by atoms with Gasteiger partial charge in [0.2, 0.25) is 5.95 Å². The van der Waals surface area contributed by atoms with Gasteiger partial charge in [-0.25, -0.2) is 4.98 Å². The van der Waals surface area contributed by atoms with Gasteiger partial charge < -0.3 is 10.6 Å². The van der Waals surface area contributed by atoms with E-state index in [9.17, 15) is 0 Å². The van der Waals surface area contributed by atoms with Crippen LogP contribution in [0.25, 0.3) is 5.69 Å². The molecular formula is C15H13ClN8. The molecule has 0 radical (unpaired) electrons. The molecular weight excluding hydrogens is 328 g/mol. The van der Waals surface area contributed by atoms with Crippen LogP contribution in [0.5, 0.6) is 0 Å². The summed E-state index contributed by atoms with van der Waals surface area (Å²) in [5.41, 5.74) is 1.29. The predicted molar refractivity (Wildman–Crippen MR) is 90.1 cm³/mol. The molecule has 0 aliphatic heterocycles. The average molecular weight is 341 g/mol. The monoisotopic (exact) mass is 340 g/mol. The minimum atomic E-state index is 0.406. The molecule has 2 aromatic heterocycles. The topological polar surface area (TPSA) is 104 Å². The van der Waals surface area contributed by atoms with E-state index in [1.165, 1.54) is 6.20 Å². The Hall–Kier alpha value is -3.18. The second kappa shape index (κ2) is 7.39. The first-order valence-corrected chi connectivity index (χ1v) is 7.53. The van der Waals surface area contributed by atoms with E-state index in [1.807, 2.05) is 36.4 Å². The predicted octanol–water partition coefficient (Wildman–Crippen LogP) is 2.11. The number of aromatic nitrogens is 5. The highest BCUT2D eigenvalue weighted by Gasteiger charge is 2.07. The zero-order chi connectivity index (χ0) is 16.8. The van der Waals surface area contributed by atoms with Crippen LogP contribution in [0.1, 0.15) is 5.56 Å². The molecule has 0 unspecified atom stereocenters. The Labute approximate surface area is 143 Å². The molecule has 0 spiro atoms. The van der Waals surface area contributed by atoms with Crippen molar-refractivity contribution in [3.8, 4) is 11.8 Å². The Morgan fingerprint density at radius 1 is 1.17 bits per heavy atom. The quantitative estimate of drug-likeness (QED) is 0.662. The van der Waals surface area contributed by atoms with Crippen molar-refractivity contribution >= 4 is 23.4 Å². The van der Waals surface area contributed by atoms with Crippen molar-refractivity contribution < 1.29 is 0 Å². The Morgan fingerprint density at radius 2 is 1.96 bits per heavy atom. The van der Waals surface area contributed by atoms with Gasteiger partial charge in [0.25, 0.3) is 0 Å². The number of halogens is 1. The number of nitrogens with one attached hydrogen (secondary N) is 2. The van der Waals surface area contributed by atoms with Crippen molar-refractivity contribution in [2.24, 2.45) is 0 Å². The van der Waals surface area contributed by atoms with Crippen LogP contribution in [0, 0.1) is 11.3 Å². The van der Waals surface area contributed by atoms with Gasteiger partial charge in [0.05, 0.1) is 16.3 Å². The Morgan fingerprint density at radius 3 is 2.71 bits per heavy atom. The molecule has 0 aliphatic carbocycles. The molecule has 0 saturated carbocycles. The fourth-order valence-corrected chi connectivity index (χ4v) is 2.26. The summed E-state index contributed by atoms with van der Waals surface area (Å²) in [7, 11) is 0. The third-order valence-electron chi connectivity index (χ3n) is 3.14. The van der Waals surface area contributed by atoms with Crippen LogP contribution in [-0.4, -0.2) is 38.3 Å². The molecule has 2 heterocycles. The smallest absolute Gasteiger partial charge is 0.247 e. The van der Waals surface area contributed by atoms with Crippen LogP contribution in [0.3, 0.4) is 0 Å². The van der Waals surface area contributed by atoms with E-state index in [-0.39, 0.29) is 0 Å². The molecule has 3 aromatic rings. The summed E-state index contributed by atoms with van der Waals surface area (Å²) in [6.07, 6.45) is 1.47. The molecule has 2 N–H and O–H groups in total. The lowest BCUT2D eigenvalue weighted by molar-refractivity contribution is 0.789. The lowest BCUT2D eigenvalue weighted by Crippen LogP contribution is -2.17. The van der Waals surface area contributed by atoms with Crippen LogP contribution >= 0.6 is 11.6 Å². The standard InChI is InChI=1S/C15H13ClN8/c16-13-8-11(9-17)10-20-14(13)18-6-7-19-15-21-22-23-24(15)12-4-2-1-3-5-12/h1-5,8,10H,6-7H2,(H,18,20)(H,19,21,23). The summed E-state index contributed by atoms with van der Waals surface area (Å²) < 4.78 is 1.62. The average Bonchev–Trinajstić information content (AvgIpc) is 3.09. The van der Waals surface area contributed by atoms with Crippen molar-refractivity contribution in [2.75, 3.05) is 23.7 Å². The lowest BCUT2D eigenvalue weighted by atomic mass is 10.3. The second-order valence-corrected chi connectivity index (χ2v) is 5.18. The first kappa shape index (κ1) is 15.7. The van der Waals surface area contributed by atoms with Crippen molar-refractivity contribution in [1.29, 1.82) is 5.26 Å². The van der Waals surface area contributed by atoms with Gasteiger partial charge in [-0.3, -0.25) is 0 Å². The highest BCUT2D eigenvalue weighted by Crippen LogP contribution is 2.19. The molecule has 24 heavy (non-hydrogen) atoms. The Balaban J connectivity index is 1.57. The number of nitriles is 1. The van der Waals surface area contributed by atoms with E-state index >= 15 is 0 Å². The van der Waals surface area contributed by atoms with Crippen molar-refractivity contribution in [2.45, 2.75) is 0 Å². The van der Waals surface area contributed by atoms with Gasteiger partial charge in [0.15, 0.2) is 0 Å². The lowest BCUT2D eigenvalue weighted by Gasteiger charge is -2.09. The molecule has 9 heteroatoms. The third kappa shape index (κ3) is 3.59. The van der Waals surface area contributed by atoms with E-state index in [2.05, 4.69) is 31.1 Å². The summed E-state index contributed by atoms with van der Waals surface area (Å²) >= 11 is 6.06. The Bertz CT molecular complexity index is 855. The number of hydrogen-bond donors (Lipinski definition) is 2. The van der Waals surface area contributed by atoms with Gasteiger partial charge in [-0.05, 0) is 28.6 Å². The van der Waals surface area contributed by atoms with Crippen LogP contribution < -0.4 is 10.6 Å². The van der Waals surface area contributed by atoms with Gasteiger partial charge in [0.1, 0.15) is 11.9 Å². The van der Waals surface area contributed by atoms with E-state index in [0.29, 0.717) is 35.4 Å². The fraction of sp³-hybridized carbons (Fsp3) is 0.133. The molecule has 8 nitrogen and oxygen atoms in total. The SMILES string of the molecule is N#Cc1cnc(NCCNc2nnnn2-c2ccccc2)c(Cl)c1. The fourth-order valence-electron chi connectivity index (χ4n) is 2.02. The maximum absolute atomic E-state index is 8.79. The van der Waals surface area contributed by atoms with Crippen LogP contribution in [0.4, 0.5) is 11.8 Å². The second-order valence-electron chi connectivity index (χ2n) is 4.77. The van der Waals surface area contributed by atoms with Crippen molar-refractivity contribution in [3.63, 3.8) is 0 Å². The van der Waals surface area contributed by atoms with Gasteiger partial charge in [-0.15, -0.1) is 0 Å². The summed E-state index contributed by atoms with van der Waals surface area (Å²) in [4.78, 5) is 4.11. The number of pyridine rings is 1. The molecule has 1 aromatic carbocycles. The maximum Gasteiger partial charge on any atom is 0.247 e. The van der Waals surface area contributed by atoms with Gasteiger partial charge >= 0.3 is 0 Å². The maximum atomic E-state index is 8.79. The van der Waals surface area contributed by atoms with E-state index in [4.69, 9.17) is 16.9 Å². The Kier molecular flexibility index (Phi) is 4.84. The molecule has 0 bridgehead atoms. The molecule has 120 valence electrons. The highest BCUT2D eigenvalue weighted by atomic mass is 35.5.